The van der Waals surface area contributed by atoms with Crippen LogP contribution >= 0.6 is 10.7 Å². The number of halogens is 2. The lowest BCUT2D eigenvalue weighted by molar-refractivity contribution is 0.0890. The summed E-state index contributed by atoms with van der Waals surface area (Å²) in [5, 5.41) is 2.58. The Balaban J connectivity index is 3.15. The largest absolute Gasteiger partial charge is 0.383 e. The van der Waals surface area contributed by atoms with Gasteiger partial charge in [-0.15, -0.1) is 0 Å². The average molecular weight is 338 g/mol. The van der Waals surface area contributed by atoms with Crippen molar-refractivity contribution in [3.05, 3.63) is 29.1 Å². The molecule has 1 aromatic carbocycles. The van der Waals surface area contributed by atoms with E-state index < -0.39 is 20.8 Å². The van der Waals surface area contributed by atoms with Crippen LogP contribution in [0.2, 0.25) is 0 Å². The second-order valence-corrected chi connectivity index (χ2v) is 7.10. The topological polar surface area (TPSA) is 72.5 Å². The van der Waals surface area contributed by atoms with Gasteiger partial charge in [-0.1, -0.05) is 6.92 Å². The smallest absolute Gasteiger partial charge is 0.261 e. The number of hydrogen-bond acceptors (Lipinski definition) is 4. The Labute approximate surface area is 127 Å². The van der Waals surface area contributed by atoms with Crippen molar-refractivity contribution in [1.29, 1.82) is 0 Å². The Morgan fingerprint density at radius 3 is 2.57 bits per heavy atom. The summed E-state index contributed by atoms with van der Waals surface area (Å²) in [6, 6.07) is 1.63. The van der Waals surface area contributed by atoms with Crippen molar-refractivity contribution >= 4 is 25.6 Å². The van der Waals surface area contributed by atoms with Gasteiger partial charge in [0.1, 0.15) is 5.82 Å². The van der Waals surface area contributed by atoms with Crippen LogP contribution in [0, 0.1) is 12.7 Å². The van der Waals surface area contributed by atoms with Gasteiger partial charge in [-0.05, 0) is 31.0 Å². The second kappa shape index (κ2) is 7.20. The van der Waals surface area contributed by atoms with Gasteiger partial charge >= 0.3 is 0 Å². The molecule has 0 aliphatic carbocycles. The lowest BCUT2D eigenvalue weighted by Crippen LogP contribution is -2.38. The number of rotatable bonds is 6. The maximum absolute atomic E-state index is 13.9. The first-order valence-electron chi connectivity index (χ1n) is 6.25. The highest BCUT2D eigenvalue weighted by Crippen LogP contribution is 2.23. The van der Waals surface area contributed by atoms with Gasteiger partial charge in [-0.25, -0.2) is 12.8 Å². The Morgan fingerprint density at radius 1 is 1.48 bits per heavy atom. The lowest BCUT2D eigenvalue weighted by atomic mass is 10.1. The van der Waals surface area contributed by atoms with Crippen LogP contribution in [0.3, 0.4) is 0 Å². The molecule has 21 heavy (non-hydrogen) atoms. The molecule has 0 saturated carbocycles. The quantitative estimate of drug-likeness (QED) is 0.808. The molecule has 0 aliphatic rings. The molecule has 0 saturated heterocycles. The summed E-state index contributed by atoms with van der Waals surface area (Å²) in [4.78, 5) is 11.8. The van der Waals surface area contributed by atoms with Gasteiger partial charge in [-0.2, -0.15) is 0 Å². The first kappa shape index (κ1) is 17.9. The van der Waals surface area contributed by atoms with Crippen molar-refractivity contribution in [3.8, 4) is 0 Å². The number of benzene rings is 1. The third-order valence-electron chi connectivity index (χ3n) is 2.97. The summed E-state index contributed by atoms with van der Waals surface area (Å²) >= 11 is 0. The molecule has 1 aromatic rings. The zero-order chi connectivity index (χ0) is 16.2. The highest BCUT2D eigenvalue weighted by Gasteiger charge is 2.21. The zero-order valence-corrected chi connectivity index (χ0v) is 13.5. The molecular formula is C13H17ClFNO4S. The van der Waals surface area contributed by atoms with Crippen LogP contribution in [0.4, 0.5) is 4.39 Å². The van der Waals surface area contributed by atoms with Gasteiger partial charge in [0.2, 0.25) is 0 Å². The summed E-state index contributed by atoms with van der Waals surface area (Å²) in [6.07, 6.45) is 0.591. The monoisotopic (exact) mass is 337 g/mol. The maximum Gasteiger partial charge on any atom is 0.261 e. The number of ether oxygens (including phenoxy) is 1. The van der Waals surface area contributed by atoms with E-state index in [-0.39, 0.29) is 28.7 Å². The van der Waals surface area contributed by atoms with Gasteiger partial charge in [0.15, 0.2) is 0 Å². The van der Waals surface area contributed by atoms with E-state index in [0.29, 0.717) is 6.42 Å². The van der Waals surface area contributed by atoms with E-state index in [1.54, 1.807) is 0 Å². The Kier molecular flexibility index (Phi) is 6.12. The van der Waals surface area contributed by atoms with E-state index in [9.17, 15) is 17.6 Å². The number of aryl methyl sites for hydroxylation is 1. The van der Waals surface area contributed by atoms with E-state index in [0.717, 1.165) is 12.1 Å². The predicted molar refractivity (Wildman–Crippen MR) is 77.6 cm³/mol. The minimum Gasteiger partial charge on any atom is -0.383 e. The molecule has 0 aliphatic heterocycles. The third kappa shape index (κ3) is 4.66. The molecule has 8 heteroatoms. The Hall–Kier alpha value is -1.18. The van der Waals surface area contributed by atoms with Crippen molar-refractivity contribution in [1.82, 2.24) is 5.32 Å². The van der Waals surface area contributed by atoms with Crippen LogP contribution in [0.15, 0.2) is 17.0 Å². The highest BCUT2D eigenvalue weighted by molar-refractivity contribution is 8.13. The first-order chi connectivity index (χ1) is 9.70. The number of carbonyl (C=O) groups excluding carboxylic acids is 1. The van der Waals surface area contributed by atoms with Crippen LogP contribution < -0.4 is 5.32 Å². The van der Waals surface area contributed by atoms with Gasteiger partial charge in [0.25, 0.3) is 15.0 Å². The van der Waals surface area contributed by atoms with Crippen molar-refractivity contribution in [2.75, 3.05) is 13.7 Å². The van der Waals surface area contributed by atoms with Crippen LogP contribution in [-0.4, -0.2) is 34.1 Å². The number of hydrogen-bond donors (Lipinski definition) is 1. The standard InChI is InChI=1S/C13H17ClFNO4S/c1-4-9(7-20-3)16-13(17)10-6-12(21(14,18)19)8(2)5-11(10)15/h5-6,9H,4,7H2,1-3H3,(H,16,17). The van der Waals surface area contributed by atoms with E-state index >= 15 is 0 Å². The van der Waals surface area contributed by atoms with Crippen molar-refractivity contribution < 1.29 is 22.3 Å². The fourth-order valence-electron chi connectivity index (χ4n) is 1.82. The summed E-state index contributed by atoms with van der Waals surface area (Å²) in [6.45, 7) is 3.51. The molecule has 0 bridgehead atoms. The SMILES string of the molecule is CCC(COC)NC(=O)c1cc(S(=O)(=O)Cl)c(C)cc1F. The number of methoxy groups -OCH3 is 1. The van der Waals surface area contributed by atoms with Crippen molar-refractivity contribution in [3.63, 3.8) is 0 Å². The molecule has 0 spiro atoms. The molecule has 1 rings (SSSR count). The molecule has 1 atom stereocenters. The predicted octanol–water partition coefficient (Wildman–Crippen LogP) is 2.22. The molecule has 5 nitrogen and oxygen atoms in total. The molecule has 1 amide bonds. The zero-order valence-electron chi connectivity index (χ0n) is 11.9. The van der Waals surface area contributed by atoms with Crippen molar-refractivity contribution in [2.45, 2.75) is 31.2 Å². The first-order valence-corrected chi connectivity index (χ1v) is 8.56. The molecule has 1 N–H and O–H groups in total. The Morgan fingerprint density at radius 2 is 2.10 bits per heavy atom. The fourth-order valence-corrected chi connectivity index (χ4v) is 3.02. The molecule has 0 fully saturated rings. The average Bonchev–Trinajstić information content (AvgIpc) is 2.36. The van der Waals surface area contributed by atoms with Crippen LogP contribution in [-0.2, 0) is 13.8 Å². The fraction of sp³-hybridized carbons (Fsp3) is 0.462. The second-order valence-electron chi connectivity index (χ2n) is 4.57. The minimum absolute atomic E-state index is 0.142. The minimum atomic E-state index is -4.05. The number of nitrogens with one attached hydrogen (secondary N) is 1. The third-order valence-corrected chi connectivity index (χ3v) is 4.43. The van der Waals surface area contributed by atoms with Crippen LogP contribution in [0.25, 0.3) is 0 Å². The van der Waals surface area contributed by atoms with Gasteiger partial charge in [0, 0.05) is 17.8 Å². The number of amides is 1. The highest BCUT2D eigenvalue weighted by atomic mass is 35.7. The normalized spacial score (nSPS) is 13.0. The molecule has 118 valence electrons. The van der Waals surface area contributed by atoms with Gasteiger partial charge in [0.05, 0.1) is 23.1 Å². The summed E-state index contributed by atoms with van der Waals surface area (Å²) in [7, 11) is 2.71. The molecule has 0 radical (unpaired) electrons. The molecule has 0 aromatic heterocycles. The number of carbonyl (C=O) groups is 1. The van der Waals surface area contributed by atoms with Crippen molar-refractivity contribution in [2.24, 2.45) is 0 Å². The molecule has 0 heterocycles. The van der Waals surface area contributed by atoms with E-state index in [2.05, 4.69) is 5.32 Å². The Bertz CT molecular complexity index is 633. The summed E-state index contributed by atoms with van der Waals surface area (Å²) < 4.78 is 41.6. The molecule has 1 unspecified atom stereocenters. The van der Waals surface area contributed by atoms with Gasteiger partial charge < -0.3 is 10.1 Å². The maximum atomic E-state index is 13.9. The molecular weight excluding hydrogens is 321 g/mol. The summed E-state index contributed by atoms with van der Waals surface area (Å²) in [5.41, 5.74) is -0.225. The lowest BCUT2D eigenvalue weighted by Gasteiger charge is -2.16. The van der Waals surface area contributed by atoms with E-state index in [1.807, 2.05) is 6.92 Å². The van der Waals surface area contributed by atoms with Crippen LogP contribution in [0.1, 0.15) is 29.3 Å². The van der Waals surface area contributed by atoms with E-state index in [4.69, 9.17) is 15.4 Å². The van der Waals surface area contributed by atoms with E-state index in [1.165, 1.54) is 14.0 Å². The van der Waals surface area contributed by atoms with Crippen LogP contribution in [0.5, 0.6) is 0 Å². The summed E-state index contributed by atoms with van der Waals surface area (Å²) in [5.74, 6) is -1.51. The van der Waals surface area contributed by atoms with Gasteiger partial charge in [-0.3, -0.25) is 4.79 Å².